The van der Waals surface area contributed by atoms with Gasteiger partial charge in [0.1, 0.15) is 12.9 Å². The molecule has 2 N–H and O–H groups in total. The highest BCUT2D eigenvalue weighted by atomic mass is 16.5. The quantitative estimate of drug-likeness (QED) is 0.734. The standard InChI is InChI=1S/C18H20N6O2/c25-17(11-24-12-19-18(23-24)14-4-2-1-3-5-14)20-16-10-15(21-22-16)13-6-8-26-9-7-13/h1-5,10,12-13H,6-9,11H2,(H2,20,21,22,25). The SMILES string of the molecule is O=C(Cn1cnc(-c2ccccc2)n1)Nc1cc(C2CCOCC2)[nH]n1. The highest BCUT2D eigenvalue weighted by molar-refractivity contribution is 5.89. The lowest BCUT2D eigenvalue weighted by atomic mass is 9.97. The summed E-state index contributed by atoms with van der Waals surface area (Å²) in [6, 6.07) is 11.5. The third-order valence-electron chi connectivity index (χ3n) is 4.40. The molecule has 3 aromatic rings. The van der Waals surface area contributed by atoms with Gasteiger partial charge in [0.25, 0.3) is 0 Å². The van der Waals surface area contributed by atoms with Gasteiger partial charge in [0.15, 0.2) is 11.6 Å². The molecule has 134 valence electrons. The van der Waals surface area contributed by atoms with E-state index in [4.69, 9.17) is 4.74 Å². The normalized spacial score (nSPS) is 15.1. The maximum atomic E-state index is 12.2. The largest absolute Gasteiger partial charge is 0.381 e. The highest BCUT2D eigenvalue weighted by Crippen LogP contribution is 2.26. The molecule has 4 rings (SSSR count). The second-order valence-electron chi connectivity index (χ2n) is 6.28. The summed E-state index contributed by atoms with van der Waals surface area (Å²) in [5.41, 5.74) is 1.95. The van der Waals surface area contributed by atoms with Crippen LogP contribution in [0.3, 0.4) is 0 Å². The Kier molecular flexibility index (Phi) is 4.74. The van der Waals surface area contributed by atoms with Crippen molar-refractivity contribution in [1.82, 2.24) is 25.0 Å². The molecule has 1 saturated heterocycles. The zero-order valence-corrected chi connectivity index (χ0v) is 14.3. The molecule has 26 heavy (non-hydrogen) atoms. The summed E-state index contributed by atoms with van der Waals surface area (Å²) in [5, 5.41) is 14.3. The summed E-state index contributed by atoms with van der Waals surface area (Å²) in [6.07, 6.45) is 3.49. The van der Waals surface area contributed by atoms with Crippen LogP contribution < -0.4 is 5.32 Å². The van der Waals surface area contributed by atoms with Crippen molar-refractivity contribution in [2.75, 3.05) is 18.5 Å². The molecule has 1 aromatic carbocycles. The van der Waals surface area contributed by atoms with Crippen molar-refractivity contribution in [2.45, 2.75) is 25.3 Å². The second kappa shape index (κ2) is 7.49. The maximum absolute atomic E-state index is 12.2. The van der Waals surface area contributed by atoms with E-state index in [1.807, 2.05) is 36.4 Å². The van der Waals surface area contributed by atoms with Crippen molar-refractivity contribution >= 4 is 11.7 Å². The Morgan fingerprint density at radius 1 is 1.27 bits per heavy atom. The number of nitrogens with zero attached hydrogens (tertiary/aromatic N) is 4. The summed E-state index contributed by atoms with van der Waals surface area (Å²) in [5.74, 6) is 1.34. The van der Waals surface area contributed by atoms with Crippen molar-refractivity contribution in [3.63, 3.8) is 0 Å². The molecule has 1 aliphatic rings. The number of anilines is 1. The van der Waals surface area contributed by atoms with Gasteiger partial charge in [-0.05, 0) is 12.8 Å². The van der Waals surface area contributed by atoms with E-state index >= 15 is 0 Å². The summed E-state index contributed by atoms with van der Waals surface area (Å²) < 4.78 is 6.89. The van der Waals surface area contributed by atoms with Gasteiger partial charge in [-0.15, -0.1) is 0 Å². The van der Waals surface area contributed by atoms with E-state index in [1.54, 1.807) is 6.33 Å². The number of rotatable bonds is 5. The zero-order valence-electron chi connectivity index (χ0n) is 14.3. The number of carbonyl (C=O) groups excluding carboxylic acids is 1. The molecule has 0 aliphatic carbocycles. The topological polar surface area (TPSA) is 97.7 Å². The van der Waals surface area contributed by atoms with Crippen LogP contribution in [-0.2, 0) is 16.1 Å². The van der Waals surface area contributed by atoms with Crippen LogP contribution in [0.25, 0.3) is 11.4 Å². The summed E-state index contributed by atoms with van der Waals surface area (Å²) in [4.78, 5) is 16.5. The van der Waals surface area contributed by atoms with E-state index < -0.39 is 0 Å². The third-order valence-corrected chi connectivity index (χ3v) is 4.40. The summed E-state index contributed by atoms with van der Waals surface area (Å²) >= 11 is 0. The predicted molar refractivity (Wildman–Crippen MR) is 95.5 cm³/mol. The lowest BCUT2D eigenvalue weighted by molar-refractivity contribution is -0.116. The van der Waals surface area contributed by atoms with Crippen molar-refractivity contribution in [2.24, 2.45) is 0 Å². The first-order chi connectivity index (χ1) is 12.8. The predicted octanol–water partition coefficient (Wildman–Crippen LogP) is 2.20. The Balaban J connectivity index is 1.36. The monoisotopic (exact) mass is 352 g/mol. The number of amides is 1. The van der Waals surface area contributed by atoms with Gasteiger partial charge < -0.3 is 10.1 Å². The maximum Gasteiger partial charge on any atom is 0.247 e. The molecule has 1 aliphatic heterocycles. The van der Waals surface area contributed by atoms with Crippen LogP contribution in [0.2, 0.25) is 0 Å². The Bertz CT molecular complexity index is 867. The molecule has 3 heterocycles. The van der Waals surface area contributed by atoms with Crippen LogP contribution in [0, 0.1) is 0 Å². The van der Waals surface area contributed by atoms with Crippen molar-refractivity contribution in [1.29, 1.82) is 0 Å². The molecular formula is C18H20N6O2. The molecule has 1 amide bonds. The number of aromatic nitrogens is 5. The Labute approximate surface area is 150 Å². The van der Waals surface area contributed by atoms with Crippen molar-refractivity contribution < 1.29 is 9.53 Å². The van der Waals surface area contributed by atoms with Gasteiger partial charge in [0.2, 0.25) is 5.91 Å². The van der Waals surface area contributed by atoms with Crippen molar-refractivity contribution in [3.05, 3.63) is 48.4 Å². The first kappa shape index (κ1) is 16.5. The molecule has 0 atom stereocenters. The van der Waals surface area contributed by atoms with Gasteiger partial charge in [0, 0.05) is 36.5 Å². The molecule has 1 fully saturated rings. The first-order valence-electron chi connectivity index (χ1n) is 8.66. The lowest BCUT2D eigenvalue weighted by Gasteiger charge is -2.20. The average Bonchev–Trinajstić information content (AvgIpc) is 3.33. The van der Waals surface area contributed by atoms with Crippen LogP contribution in [0.5, 0.6) is 0 Å². The van der Waals surface area contributed by atoms with Gasteiger partial charge >= 0.3 is 0 Å². The number of aromatic amines is 1. The minimum absolute atomic E-state index is 0.0826. The number of carbonyl (C=O) groups is 1. The Morgan fingerprint density at radius 2 is 2.08 bits per heavy atom. The van der Waals surface area contributed by atoms with Crippen LogP contribution in [0.15, 0.2) is 42.7 Å². The molecule has 0 bridgehead atoms. The minimum Gasteiger partial charge on any atom is -0.381 e. The van der Waals surface area contributed by atoms with Crippen LogP contribution in [0.1, 0.15) is 24.5 Å². The number of H-pyrrole nitrogens is 1. The molecule has 0 unspecified atom stereocenters. The summed E-state index contributed by atoms with van der Waals surface area (Å²) in [6.45, 7) is 1.61. The Morgan fingerprint density at radius 3 is 2.88 bits per heavy atom. The van der Waals surface area contributed by atoms with Gasteiger partial charge in [-0.3, -0.25) is 9.89 Å². The van der Waals surface area contributed by atoms with Crippen LogP contribution in [0.4, 0.5) is 5.82 Å². The lowest BCUT2D eigenvalue weighted by Crippen LogP contribution is -2.19. The molecule has 8 nitrogen and oxygen atoms in total. The van der Waals surface area contributed by atoms with E-state index in [0.717, 1.165) is 37.3 Å². The van der Waals surface area contributed by atoms with E-state index in [-0.39, 0.29) is 12.5 Å². The van der Waals surface area contributed by atoms with Gasteiger partial charge in [0.05, 0.1) is 0 Å². The van der Waals surface area contributed by atoms with E-state index in [9.17, 15) is 4.79 Å². The molecule has 0 radical (unpaired) electrons. The molecule has 0 spiro atoms. The molecule has 0 saturated carbocycles. The van der Waals surface area contributed by atoms with Gasteiger partial charge in [-0.25, -0.2) is 9.67 Å². The number of hydrogen-bond donors (Lipinski definition) is 2. The zero-order chi connectivity index (χ0) is 17.8. The minimum atomic E-state index is -0.195. The summed E-state index contributed by atoms with van der Waals surface area (Å²) in [7, 11) is 0. The fourth-order valence-electron chi connectivity index (χ4n) is 3.04. The smallest absolute Gasteiger partial charge is 0.247 e. The number of ether oxygens (including phenoxy) is 1. The van der Waals surface area contributed by atoms with Gasteiger partial charge in [-0.2, -0.15) is 10.2 Å². The number of hydrogen-bond acceptors (Lipinski definition) is 5. The molecular weight excluding hydrogens is 332 g/mol. The van der Waals surface area contributed by atoms with Crippen LogP contribution in [-0.4, -0.2) is 44.1 Å². The molecule has 2 aromatic heterocycles. The average molecular weight is 352 g/mol. The first-order valence-corrected chi connectivity index (χ1v) is 8.66. The Hall–Kier alpha value is -3.00. The van der Waals surface area contributed by atoms with Crippen LogP contribution >= 0.6 is 0 Å². The van der Waals surface area contributed by atoms with E-state index in [2.05, 4.69) is 25.6 Å². The van der Waals surface area contributed by atoms with E-state index in [0.29, 0.717) is 17.6 Å². The number of nitrogens with one attached hydrogen (secondary N) is 2. The third kappa shape index (κ3) is 3.80. The fourth-order valence-corrected chi connectivity index (χ4v) is 3.04. The van der Waals surface area contributed by atoms with Crippen molar-refractivity contribution in [3.8, 4) is 11.4 Å². The highest BCUT2D eigenvalue weighted by Gasteiger charge is 2.18. The fraction of sp³-hybridized carbons (Fsp3) is 0.333. The van der Waals surface area contributed by atoms with E-state index in [1.165, 1.54) is 4.68 Å². The number of benzene rings is 1. The molecule has 8 heteroatoms. The van der Waals surface area contributed by atoms with Gasteiger partial charge in [-0.1, -0.05) is 30.3 Å². The second-order valence-corrected chi connectivity index (χ2v) is 6.28.